The van der Waals surface area contributed by atoms with E-state index < -0.39 is 0 Å². The van der Waals surface area contributed by atoms with Gasteiger partial charge in [-0.2, -0.15) is 0 Å². The molecule has 1 saturated heterocycles. The molecule has 2 heteroatoms. The molecular formula is C10H22NO+. The molecule has 0 aromatic rings. The van der Waals surface area contributed by atoms with Gasteiger partial charge >= 0.3 is 0 Å². The summed E-state index contributed by atoms with van der Waals surface area (Å²) >= 11 is 0. The first kappa shape index (κ1) is 10.0. The molecule has 0 bridgehead atoms. The van der Waals surface area contributed by atoms with E-state index in [1.165, 1.54) is 0 Å². The maximum Gasteiger partial charge on any atom is 0.117 e. The van der Waals surface area contributed by atoms with Crippen LogP contribution < -0.4 is 4.90 Å². The van der Waals surface area contributed by atoms with Crippen molar-refractivity contribution in [3.05, 3.63) is 0 Å². The third kappa shape index (κ3) is 1.99. The van der Waals surface area contributed by atoms with Crippen molar-refractivity contribution in [1.29, 1.82) is 0 Å². The fourth-order valence-electron chi connectivity index (χ4n) is 2.05. The number of quaternary nitrogens is 1. The van der Waals surface area contributed by atoms with Crippen molar-refractivity contribution in [2.75, 3.05) is 20.1 Å². The topological polar surface area (TPSA) is 13.7 Å². The minimum atomic E-state index is 0.0851. The Morgan fingerprint density at radius 3 is 2.50 bits per heavy atom. The van der Waals surface area contributed by atoms with Gasteiger partial charge in [0.1, 0.15) is 24.8 Å². The van der Waals surface area contributed by atoms with E-state index in [1.54, 1.807) is 4.90 Å². The molecule has 1 aliphatic heterocycles. The van der Waals surface area contributed by atoms with Gasteiger partial charge in [0.15, 0.2) is 0 Å². The van der Waals surface area contributed by atoms with Crippen LogP contribution in [0.4, 0.5) is 0 Å². The van der Waals surface area contributed by atoms with E-state index in [4.69, 9.17) is 4.74 Å². The first-order valence-electron chi connectivity index (χ1n) is 4.93. The van der Waals surface area contributed by atoms with Crippen LogP contribution in [0.15, 0.2) is 0 Å². The summed E-state index contributed by atoms with van der Waals surface area (Å²) in [6.45, 7) is 11.2. The van der Waals surface area contributed by atoms with Crippen LogP contribution in [0, 0.1) is 5.92 Å². The highest BCUT2D eigenvalue weighted by molar-refractivity contribution is 4.81. The second kappa shape index (κ2) is 3.35. The second-order valence-electron chi connectivity index (χ2n) is 4.73. The Labute approximate surface area is 75.9 Å². The van der Waals surface area contributed by atoms with Crippen LogP contribution in [0.3, 0.4) is 0 Å². The highest BCUT2D eigenvalue weighted by Gasteiger charge is 2.39. The molecule has 0 saturated carbocycles. The molecule has 0 aromatic carbocycles. The van der Waals surface area contributed by atoms with Gasteiger partial charge in [0.2, 0.25) is 0 Å². The van der Waals surface area contributed by atoms with Crippen LogP contribution >= 0.6 is 0 Å². The number of ether oxygens (including phenoxy) is 1. The van der Waals surface area contributed by atoms with Gasteiger partial charge < -0.3 is 9.64 Å². The van der Waals surface area contributed by atoms with Crippen LogP contribution in [0.25, 0.3) is 0 Å². The molecule has 0 amide bonds. The average molecular weight is 172 g/mol. The molecule has 2 nitrogen and oxygen atoms in total. The Hall–Kier alpha value is -0.0800. The summed E-state index contributed by atoms with van der Waals surface area (Å²) in [5.74, 6) is 0.607. The molecule has 1 unspecified atom stereocenters. The van der Waals surface area contributed by atoms with Gasteiger partial charge in [-0.05, 0) is 19.8 Å². The minimum absolute atomic E-state index is 0.0851. The van der Waals surface area contributed by atoms with Crippen LogP contribution in [0.2, 0.25) is 0 Å². The van der Waals surface area contributed by atoms with E-state index in [2.05, 4.69) is 34.7 Å². The quantitative estimate of drug-likeness (QED) is 0.602. The average Bonchev–Trinajstić information content (AvgIpc) is 1.82. The van der Waals surface area contributed by atoms with Crippen molar-refractivity contribution in [3.8, 4) is 0 Å². The molecule has 0 aromatic heterocycles. The Morgan fingerprint density at radius 2 is 2.08 bits per heavy atom. The second-order valence-corrected chi connectivity index (χ2v) is 4.73. The lowest BCUT2D eigenvalue weighted by atomic mass is 9.90. The molecule has 12 heavy (non-hydrogen) atoms. The molecule has 1 N–H and O–H groups in total. The van der Waals surface area contributed by atoms with Gasteiger partial charge in [-0.15, -0.1) is 0 Å². The molecule has 1 fully saturated rings. The lowest BCUT2D eigenvalue weighted by molar-refractivity contribution is -0.901. The molecule has 3 atom stereocenters. The largest absolute Gasteiger partial charge is 0.360 e. The van der Waals surface area contributed by atoms with Gasteiger partial charge in [0.25, 0.3) is 0 Å². The van der Waals surface area contributed by atoms with Gasteiger partial charge in [0.05, 0.1) is 7.05 Å². The summed E-state index contributed by atoms with van der Waals surface area (Å²) in [6.07, 6.45) is 0.408. The number of likely N-dealkylation sites (N-methyl/N-ethyl adjacent to an activating group) is 1. The molecule has 0 radical (unpaired) electrons. The van der Waals surface area contributed by atoms with Crippen molar-refractivity contribution in [3.63, 3.8) is 0 Å². The van der Waals surface area contributed by atoms with Crippen molar-refractivity contribution in [1.82, 2.24) is 0 Å². The van der Waals surface area contributed by atoms with Gasteiger partial charge in [0, 0.05) is 0 Å². The normalized spacial score (nSPS) is 43.5. The van der Waals surface area contributed by atoms with Crippen molar-refractivity contribution in [2.24, 2.45) is 5.92 Å². The van der Waals surface area contributed by atoms with Crippen LogP contribution in [0.5, 0.6) is 0 Å². The van der Waals surface area contributed by atoms with E-state index >= 15 is 0 Å². The summed E-state index contributed by atoms with van der Waals surface area (Å²) in [6, 6.07) is 0. The predicted octanol–water partition coefficient (Wildman–Crippen LogP) is 0.335. The van der Waals surface area contributed by atoms with Crippen LogP contribution in [0.1, 0.15) is 27.7 Å². The summed E-state index contributed by atoms with van der Waals surface area (Å²) in [5, 5.41) is 0. The van der Waals surface area contributed by atoms with Gasteiger partial charge in [-0.1, -0.05) is 13.8 Å². The van der Waals surface area contributed by atoms with Crippen molar-refractivity contribution < 1.29 is 9.64 Å². The maximum atomic E-state index is 5.98. The molecule has 1 heterocycles. The highest BCUT2D eigenvalue weighted by atomic mass is 16.5. The summed E-state index contributed by atoms with van der Waals surface area (Å²) in [5.41, 5.74) is 0.0851. The minimum Gasteiger partial charge on any atom is -0.360 e. The fourth-order valence-corrected chi connectivity index (χ4v) is 2.05. The SMILES string of the molecule is CC(C)[C@@]1(C)C[NH+](C)C[C@H](C)O1. The Balaban J connectivity index is 2.65. The smallest absolute Gasteiger partial charge is 0.117 e. The lowest BCUT2D eigenvalue weighted by Crippen LogP contribution is -3.14. The van der Waals surface area contributed by atoms with E-state index in [-0.39, 0.29) is 5.60 Å². The number of morpholine rings is 1. The van der Waals surface area contributed by atoms with E-state index in [1.807, 2.05) is 0 Å². The van der Waals surface area contributed by atoms with Gasteiger partial charge in [-0.25, -0.2) is 0 Å². The number of rotatable bonds is 1. The molecule has 72 valence electrons. The molecular weight excluding hydrogens is 150 g/mol. The third-order valence-corrected chi connectivity index (χ3v) is 2.98. The first-order valence-corrected chi connectivity index (χ1v) is 4.93. The fraction of sp³-hybridized carbons (Fsp3) is 1.00. The number of hydrogen-bond acceptors (Lipinski definition) is 1. The van der Waals surface area contributed by atoms with E-state index in [0.29, 0.717) is 12.0 Å². The van der Waals surface area contributed by atoms with Crippen LogP contribution in [-0.4, -0.2) is 31.8 Å². The monoisotopic (exact) mass is 172 g/mol. The standard InChI is InChI=1S/C10H21NO/c1-8(2)10(4)7-11(5)6-9(3)12-10/h8-9H,6-7H2,1-5H3/p+1/t9-,10+/m0/s1. The maximum absolute atomic E-state index is 5.98. The zero-order valence-corrected chi connectivity index (χ0v) is 8.98. The van der Waals surface area contributed by atoms with E-state index in [9.17, 15) is 0 Å². The van der Waals surface area contributed by atoms with Crippen molar-refractivity contribution in [2.45, 2.75) is 39.4 Å². The van der Waals surface area contributed by atoms with Crippen molar-refractivity contribution >= 4 is 0 Å². The van der Waals surface area contributed by atoms with Crippen LogP contribution in [-0.2, 0) is 4.74 Å². The highest BCUT2D eigenvalue weighted by Crippen LogP contribution is 2.22. The Bertz CT molecular complexity index is 146. The van der Waals surface area contributed by atoms with Gasteiger partial charge in [-0.3, -0.25) is 0 Å². The zero-order valence-electron chi connectivity index (χ0n) is 8.98. The molecule has 0 aliphatic carbocycles. The third-order valence-electron chi connectivity index (χ3n) is 2.98. The Morgan fingerprint density at radius 1 is 1.50 bits per heavy atom. The predicted molar refractivity (Wildman–Crippen MR) is 50.4 cm³/mol. The zero-order chi connectivity index (χ0) is 9.35. The Kier molecular flexibility index (Phi) is 2.79. The molecule has 1 rings (SSSR count). The molecule has 0 spiro atoms. The first-order chi connectivity index (χ1) is 5.44. The summed E-state index contributed by atoms with van der Waals surface area (Å²) in [7, 11) is 2.25. The number of hydrogen-bond donors (Lipinski definition) is 1. The summed E-state index contributed by atoms with van der Waals surface area (Å²) in [4.78, 5) is 1.59. The lowest BCUT2D eigenvalue weighted by Gasteiger charge is -2.42. The number of nitrogens with one attached hydrogen (secondary N) is 1. The molecule has 1 aliphatic rings. The summed E-state index contributed by atoms with van der Waals surface area (Å²) < 4.78 is 5.98. The van der Waals surface area contributed by atoms with E-state index in [0.717, 1.165) is 13.1 Å².